The van der Waals surface area contributed by atoms with Crippen LogP contribution in [-0.4, -0.2) is 76.2 Å². The van der Waals surface area contributed by atoms with Crippen LogP contribution >= 0.6 is 0 Å². The lowest BCUT2D eigenvalue weighted by atomic mass is 9.82. The van der Waals surface area contributed by atoms with Crippen LogP contribution in [0.2, 0.25) is 0 Å². The summed E-state index contributed by atoms with van der Waals surface area (Å²) in [5.41, 5.74) is -1.02. The normalized spacial score (nSPS) is 21.5. The molecule has 262 valence electrons. The van der Waals surface area contributed by atoms with Crippen molar-refractivity contribution in [3.05, 3.63) is 60.3 Å². The molecule has 5 unspecified atom stereocenters. The van der Waals surface area contributed by atoms with E-state index >= 15 is 0 Å². The lowest BCUT2D eigenvalue weighted by molar-refractivity contribution is -0.155. The molecule has 1 N–H and O–H groups in total. The third-order valence-electron chi connectivity index (χ3n) is 9.07. The smallest absolute Gasteiger partial charge is 0.233 e. The van der Waals surface area contributed by atoms with E-state index in [2.05, 4.69) is 38.1 Å². The molecule has 8 nitrogen and oxygen atoms in total. The summed E-state index contributed by atoms with van der Waals surface area (Å²) >= 11 is 0. The summed E-state index contributed by atoms with van der Waals surface area (Å²) in [6.07, 6.45) is 11.0. The Morgan fingerprint density at radius 3 is 2.19 bits per heavy atom. The summed E-state index contributed by atoms with van der Waals surface area (Å²) in [5.74, 6) is -0.285. The second-order valence-electron chi connectivity index (χ2n) is 15.4. The minimum absolute atomic E-state index is 0.0486. The Bertz CT molecular complexity index is 1270. The molecule has 1 aliphatic carbocycles. The predicted molar refractivity (Wildman–Crippen MR) is 187 cm³/mol. The highest BCUT2D eigenvalue weighted by molar-refractivity contribution is 6.05. The fraction of sp³-hybridized carbons (Fsp3) is 0.641. The van der Waals surface area contributed by atoms with Gasteiger partial charge in [0.2, 0.25) is 11.8 Å². The van der Waals surface area contributed by atoms with Crippen LogP contribution in [0.1, 0.15) is 100.0 Å². The number of hydrogen-bond acceptors (Lipinski definition) is 7. The van der Waals surface area contributed by atoms with Crippen LogP contribution in [-0.2, 0) is 29.3 Å². The van der Waals surface area contributed by atoms with E-state index < -0.39 is 17.3 Å². The van der Waals surface area contributed by atoms with Gasteiger partial charge in [-0.1, -0.05) is 69.3 Å². The molecule has 1 saturated carbocycles. The van der Waals surface area contributed by atoms with E-state index in [4.69, 9.17) is 4.74 Å². The Morgan fingerprint density at radius 2 is 1.64 bits per heavy atom. The fourth-order valence-electron chi connectivity index (χ4n) is 6.51. The fourth-order valence-corrected chi connectivity index (χ4v) is 6.51. The van der Waals surface area contributed by atoms with Gasteiger partial charge in [0.1, 0.15) is 17.5 Å². The number of allylic oxidation sites excluding steroid dienone is 3. The molecular formula is C39H60N2O6. The van der Waals surface area contributed by atoms with Crippen molar-refractivity contribution in [3.8, 4) is 0 Å². The van der Waals surface area contributed by atoms with Crippen LogP contribution in [0.25, 0.3) is 0 Å². The van der Waals surface area contributed by atoms with Crippen molar-refractivity contribution >= 4 is 23.4 Å². The summed E-state index contributed by atoms with van der Waals surface area (Å²) in [6.45, 7) is 16.7. The number of hydrogen-bond donors (Lipinski definition) is 1. The van der Waals surface area contributed by atoms with E-state index in [1.165, 1.54) is 24.3 Å². The number of amides is 2. The quantitative estimate of drug-likeness (QED) is 0.170. The number of aliphatic hydroxyl groups is 1. The van der Waals surface area contributed by atoms with Crippen molar-refractivity contribution in [2.45, 2.75) is 117 Å². The number of rotatable bonds is 15. The van der Waals surface area contributed by atoms with Crippen LogP contribution in [0.15, 0.2) is 54.8 Å². The molecule has 8 heteroatoms. The topological polar surface area (TPSA) is 104 Å². The maximum absolute atomic E-state index is 13.3. The highest BCUT2D eigenvalue weighted by atomic mass is 16.5. The van der Waals surface area contributed by atoms with Gasteiger partial charge in [-0.3, -0.25) is 19.3 Å². The number of ether oxygens (including phenoxy) is 1. The van der Waals surface area contributed by atoms with E-state index in [1.807, 2.05) is 70.2 Å². The van der Waals surface area contributed by atoms with Crippen molar-refractivity contribution in [1.82, 2.24) is 9.80 Å². The van der Waals surface area contributed by atoms with Crippen LogP contribution in [0.3, 0.4) is 0 Å². The van der Waals surface area contributed by atoms with Crippen LogP contribution in [0.4, 0.5) is 0 Å². The zero-order chi connectivity index (χ0) is 35.7. The van der Waals surface area contributed by atoms with Gasteiger partial charge in [-0.2, -0.15) is 0 Å². The molecule has 3 rings (SSSR count). The first-order valence-corrected chi connectivity index (χ1v) is 17.0. The van der Waals surface area contributed by atoms with Gasteiger partial charge in [-0.15, -0.1) is 0 Å². The van der Waals surface area contributed by atoms with Gasteiger partial charge in [0, 0.05) is 32.5 Å². The highest BCUT2D eigenvalue weighted by Gasteiger charge is 2.53. The Morgan fingerprint density at radius 1 is 1.02 bits per heavy atom. The number of nitrogens with zero attached hydrogens (tertiary/aromatic N) is 2. The lowest BCUT2D eigenvalue weighted by Gasteiger charge is -2.31. The second kappa shape index (κ2) is 16.8. The molecule has 1 saturated heterocycles. The van der Waals surface area contributed by atoms with E-state index in [0.717, 1.165) is 12.8 Å². The van der Waals surface area contributed by atoms with Crippen molar-refractivity contribution < 1.29 is 29.0 Å². The van der Waals surface area contributed by atoms with Crippen molar-refractivity contribution in [1.29, 1.82) is 0 Å². The first-order chi connectivity index (χ1) is 21.7. The zero-order valence-electron chi connectivity index (χ0n) is 30.7. The maximum Gasteiger partial charge on any atom is 0.233 e. The minimum atomic E-state index is -1.46. The molecule has 0 bridgehead atoms. The van der Waals surface area contributed by atoms with Gasteiger partial charge in [0.05, 0.1) is 17.4 Å². The van der Waals surface area contributed by atoms with Crippen LogP contribution in [0.5, 0.6) is 0 Å². The first-order valence-electron chi connectivity index (χ1n) is 17.0. The van der Waals surface area contributed by atoms with Crippen molar-refractivity contribution in [2.24, 2.45) is 23.7 Å². The van der Waals surface area contributed by atoms with Gasteiger partial charge in [-0.25, -0.2) is 0 Å². The molecule has 1 aromatic carbocycles. The van der Waals surface area contributed by atoms with Gasteiger partial charge < -0.3 is 19.5 Å². The molecule has 5 atom stereocenters. The van der Waals surface area contributed by atoms with E-state index in [0.29, 0.717) is 31.7 Å². The molecule has 0 radical (unpaired) electrons. The summed E-state index contributed by atoms with van der Waals surface area (Å²) in [7, 11) is 3.94. The molecule has 0 spiro atoms. The summed E-state index contributed by atoms with van der Waals surface area (Å²) in [4.78, 5) is 52.7. The van der Waals surface area contributed by atoms with Crippen molar-refractivity contribution in [2.75, 3.05) is 20.6 Å². The van der Waals surface area contributed by atoms with Crippen LogP contribution in [0, 0.1) is 23.7 Å². The Kier molecular flexibility index (Phi) is 14.3. The molecule has 2 fully saturated rings. The highest BCUT2D eigenvalue weighted by Crippen LogP contribution is 2.45. The lowest BCUT2D eigenvalue weighted by Crippen LogP contribution is -2.43. The largest absolute Gasteiger partial charge is 0.384 e. The maximum atomic E-state index is 13.3. The van der Waals surface area contributed by atoms with Gasteiger partial charge in [-0.05, 0) is 90.8 Å². The second-order valence-corrected chi connectivity index (χ2v) is 15.4. The average Bonchev–Trinajstić information content (AvgIpc) is 3.49. The summed E-state index contributed by atoms with van der Waals surface area (Å²) in [5, 5.41) is 9.96. The monoisotopic (exact) mass is 652 g/mol. The number of carbonyl (C=O) groups excluding carboxylic acids is 4. The molecule has 1 aromatic rings. The molecule has 0 aromatic heterocycles. The molecule has 1 heterocycles. The minimum Gasteiger partial charge on any atom is -0.384 e. The molecule has 2 aliphatic rings. The molecule has 47 heavy (non-hydrogen) atoms. The zero-order valence-corrected chi connectivity index (χ0v) is 30.7. The summed E-state index contributed by atoms with van der Waals surface area (Å²) < 4.78 is 5.93. The van der Waals surface area contributed by atoms with Gasteiger partial charge in [0.25, 0.3) is 0 Å². The number of imide groups is 1. The van der Waals surface area contributed by atoms with E-state index in [9.17, 15) is 24.3 Å². The SMILES string of the molecule is CC(=O)CC(C)/C=C\N(C)C.CC(OC(C)(C)CCCN1C(=O)C2CCC(/C=C/C(C)(C)c3ccccc3)C2C1=O)C(=O)C(C)(C)O. The van der Waals surface area contributed by atoms with Gasteiger partial charge >= 0.3 is 0 Å². The Hall–Kier alpha value is -3.10. The third kappa shape index (κ3) is 12.1. The van der Waals surface area contributed by atoms with E-state index in [-0.39, 0.29) is 46.5 Å². The number of Topliss-reactive ketones (excluding diaryl/α,β-unsaturated/α-hetero) is 2. The summed E-state index contributed by atoms with van der Waals surface area (Å²) in [6, 6.07) is 10.3. The first kappa shape index (κ1) is 40.1. The standard InChI is InChI=1S/C30H43NO5.C9H17NO/c1-20(25(32)30(6,7)35)36-29(4,5)17-11-19-31-26(33)23-15-14-21(24(23)27(31)34)16-18-28(2,3)22-12-9-8-10-13-22;1-8(7-9(2)11)5-6-10(3)4/h8-10,12-13,16,18,20-21,23-24,35H,11,14-15,17,19H2,1-7H3;5-6,8H,7H2,1-4H3/b18-16+;6-5-. The van der Waals surface area contributed by atoms with E-state index in [1.54, 1.807) is 13.8 Å². The van der Waals surface area contributed by atoms with Crippen LogP contribution < -0.4 is 0 Å². The van der Waals surface area contributed by atoms with Crippen molar-refractivity contribution in [3.63, 3.8) is 0 Å². The molecule has 2 amide bonds. The molecule has 1 aliphatic heterocycles. The number of likely N-dealkylation sites (tertiary alicyclic amines) is 1. The predicted octanol–water partition coefficient (Wildman–Crippen LogP) is 6.51. The molecular weight excluding hydrogens is 592 g/mol. The Labute approximate surface area is 283 Å². The Balaban J connectivity index is 0.000000597. The number of fused-ring (bicyclic) bond motifs is 1. The third-order valence-corrected chi connectivity index (χ3v) is 9.07. The number of benzene rings is 1. The number of carbonyl (C=O) groups is 4. The van der Waals surface area contributed by atoms with Gasteiger partial charge in [0.15, 0.2) is 5.78 Å². The average molecular weight is 653 g/mol. The number of ketones is 2.